The zero-order valence-corrected chi connectivity index (χ0v) is 11.6. The van der Waals surface area contributed by atoms with Crippen LogP contribution in [0.4, 0.5) is 0 Å². The Morgan fingerprint density at radius 2 is 1.41 bits per heavy atom. The maximum Gasteiger partial charge on any atom is 0.0123 e. The Labute approximate surface area is 108 Å². The van der Waals surface area contributed by atoms with Gasteiger partial charge in [-0.05, 0) is 32.6 Å². The predicted molar refractivity (Wildman–Crippen MR) is 79.6 cm³/mol. The van der Waals surface area contributed by atoms with E-state index in [0.29, 0.717) is 0 Å². The van der Waals surface area contributed by atoms with Gasteiger partial charge in [0.15, 0.2) is 0 Å². The fourth-order valence-electron chi connectivity index (χ4n) is 1.02. The molecule has 0 bridgehead atoms. The van der Waals surface area contributed by atoms with Gasteiger partial charge in [-0.25, -0.2) is 0 Å². The molecule has 0 spiro atoms. The Morgan fingerprint density at radius 1 is 0.882 bits per heavy atom. The van der Waals surface area contributed by atoms with Gasteiger partial charge in [0.2, 0.25) is 0 Å². The second-order valence-corrected chi connectivity index (χ2v) is 3.47. The van der Waals surface area contributed by atoms with Gasteiger partial charge in [0.25, 0.3) is 0 Å². The first-order valence-electron chi connectivity index (χ1n) is 6.46. The maximum atomic E-state index is 5.03. The number of hydrogen-bond donors (Lipinski definition) is 0. The summed E-state index contributed by atoms with van der Waals surface area (Å²) in [5, 5.41) is 0. The van der Waals surface area contributed by atoms with Crippen molar-refractivity contribution < 1.29 is 0 Å². The van der Waals surface area contributed by atoms with Crippen LogP contribution in [-0.2, 0) is 0 Å². The standard InChI is InChI=1S/C9H14.C8H12/c1-3-5-7-9-8-6-4-2;1-3-5-7-8-6-4-2/h5,7H,3,8-9H2,1-2H3;1,6,8H,4-5,7H2,2H3/b7-5-;8-6-. The Bertz CT molecular complexity index is 275. The van der Waals surface area contributed by atoms with Crippen molar-refractivity contribution in [3.8, 4) is 24.2 Å². The van der Waals surface area contributed by atoms with Gasteiger partial charge < -0.3 is 0 Å². The van der Waals surface area contributed by atoms with E-state index >= 15 is 0 Å². The summed E-state index contributed by atoms with van der Waals surface area (Å²) in [6.45, 7) is 6.14. The summed E-state index contributed by atoms with van der Waals surface area (Å²) in [6, 6.07) is 0. The number of allylic oxidation sites excluding steroid dienone is 4. The van der Waals surface area contributed by atoms with Crippen LogP contribution >= 0.6 is 0 Å². The summed E-state index contributed by atoms with van der Waals surface area (Å²) in [6.07, 6.45) is 19.9. The number of hydrogen-bond acceptors (Lipinski definition) is 0. The summed E-state index contributed by atoms with van der Waals surface area (Å²) >= 11 is 0. The van der Waals surface area contributed by atoms with Crippen LogP contribution in [0.2, 0.25) is 0 Å². The molecule has 0 nitrogen and oxygen atoms in total. The molecular formula is C17H26. The highest BCUT2D eigenvalue weighted by atomic mass is 13.8. The average molecular weight is 230 g/mol. The minimum Gasteiger partial charge on any atom is -0.120 e. The molecule has 0 saturated carbocycles. The van der Waals surface area contributed by atoms with Gasteiger partial charge in [-0.1, -0.05) is 38.2 Å². The summed E-state index contributed by atoms with van der Waals surface area (Å²) in [5.41, 5.74) is 0. The lowest BCUT2D eigenvalue weighted by Gasteiger charge is -1.80. The van der Waals surface area contributed by atoms with Crippen LogP contribution in [0.3, 0.4) is 0 Å². The fraction of sp³-hybridized carbons (Fsp3) is 0.529. The van der Waals surface area contributed by atoms with Crippen molar-refractivity contribution in [2.45, 2.75) is 59.3 Å². The summed E-state index contributed by atoms with van der Waals surface area (Å²) in [4.78, 5) is 0. The number of unbranched alkanes of at least 4 members (excludes halogenated alkanes) is 2. The summed E-state index contributed by atoms with van der Waals surface area (Å²) in [7, 11) is 0. The molecule has 0 atom stereocenters. The lowest BCUT2D eigenvalue weighted by Crippen LogP contribution is -1.63. The monoisotopic (exact) mass is 230 g/mol. The molecule has 0 rings (SSSR count). The van der Waals surface area contributed by atoms with Crippen LogP contribution < -0.4 is 0 Å². The zero-order chi connectivity index (χ0) is 13.2. The van der Waals surface area contributed by atoms with E-state index in [0.717, 1.165) is 38.5 Å². The molecular weight excluding hydrogens is 204 g/mol. The first kappa shape index (κ1) is 18.0. The Balaban J connectivity index is 0. The lowest BCUT2D eigenvalue weighted by atomic mass is 10.3. The third-order valence-electron chi connectivity index (χ3n) is 1.87. The molecule has 0 aromatic heterocycles. The third-order valence-corrected chi connectivity index (χ3v) is 1.87. The largest absolute Gasteiger partial charge is 0.120 e. The molecule has 0 saturated heterocycles. The Morgan fingerprint density at radius 3 is 1.82 bits per heavy atom. The molecule has 0 heteroatoms. The Hall–Kier alpha value is -1.40. The van der Waals surface area contributed by atoms with Crippen LogP contribution in [0.5, 0.6) is 0 Å². The van der Waals surface area contributed by atoms with Crippen molar-refractivity contribution in [1.82, 2.24) is 0 Å². The molecule has 0 aliphatic heterocycles. The van der Waals surface area contributed by atoms with E-state index in [1.165, 1.54) is 0 Å². The molecule has 0 aromatic rings. The van der Waals surface area contributed by atoms with Crippen molar-refractivity contribution in [2.75, 3.05) is 0 Å². The third kappa shape index (κ3) is 25.2. The van der Waals surface area contributed by atoms with Gasteiger partial charge in [-0.3, -0.25) is 0 Å². The summed E-state index contributed by atoms with van der Waals surface area (Å²) < 4.78 is 0. The van der Waals surface area contributed by atoms with E-state index in [2.05, 4.69) is 55.9 Å². The second kappa shape index (κ2) is 20.1. The molecule has 0 radical (unpaired) electrons. The Kier molecular flexibility index (Phi) is 21.2. The number of terminal acetylenes is 1. The van der Waals surface area contributed by atoms with E-state index in [4.69, 9.17) is 6.42 Å². The van der Waals surface area contributed by atoms with Gasteiger partial charge >= 0.3 is 0 Å². The van der Waals surface area contributed by atoms with Crippen molar-refractivity contribution in [3.05, 3.63) is 24.3 Å². The zero-order valence-electron chi connectivity index (χ0n) is 11.6. The van der Waals surface area contributed by atoms with Gasteiger partial charge in [0, 0.05) is 12.8 Å². The number of rotatable bonds is 6. The molecule has 0 aromatic carbocycles. The van der Waals surface area contributed by atoms with Gasteiger partial charge in [-0.2, -0.15) is 0 Å². The van der Waals surface area contributed by atoms with Gasteiger partial charge in [-0.15, -0.1) is 24.2 Å². The summed E-state index contributed by atoms with van der Waals surface area (Å²) in [5.74, 6) is 8.44. The van der Waals surface area contributed by atoms with E-state index in [1.54, 1.807) is 0 Å². The molecule has 94 valence electrons. The van der Waals surface area contributed by atoms with Crippen LogP contribution in [0.1, 0.15) is 59.3 Å². The van der Waals surface area contributed by atoms with E-state index in [9.17, 15) is 0 Å². The topological polar surface area (TPSA) is 0 Å². The fourth-order valence-corrected chi connectivity index (χ4v) is 1.02. The van der Waals surface area contributed by atoms with Crippen LogP contribution in [0.15, 0.2) is 24.3 Å². The smallest absolute Gasteiger partial charge is 0.0123 e. The molecule has 0 aliphatic rings. The molecule has 0 unspecified atom stereocenters. The SMILES string of the molecule is C#CCC/C=C\CC.CC#CCC/C=C\CC. The van der Waals surface area contributed by atoms with E-state index in [-0.39, 0.29) is 0 Å². The molecule has 0 aliphatic carbocycles. The maximum absolute atomic E-state index is 5.03. The van der Waals surface area contributed by atoms with Crippen molar-refractivity contribution in [1.29, 1.82) is 0 Å². The highest BCUT2D eigenvalue weighted by Crippen LogP contribution is 1.90. The normalized spacial score (nSPS) is 9.29. The second-order valence-electron chi connectivity index (χ2n) is 3.47. The minimum absolute atomic E-state index is 0.872. The minimum atomic E-state index is 0.872. The van der Waals surface area contributed by atoms with E-state index < -0.39 is 0 Å². The van der Waals surface area contributed by atoms with Gasteiger partial charge in [0.05, 0.1) is 0 Å². The highest BCUT2D eigenvalue weighted by molar-refractivity contribution is 4.97. The molecule has 0 heterocycles. The molecule has 0 fully saturated rings. The highest BCUT2D eigenvalue weighted by Gasteiger charge is 1.72. The molecule has 17 heavy (non-hydrogen) atoms. The quantitative estimate of drug-likeness (QED) is 0.337. The predicted octanol–water partition coefficient (Wildman–Crippen LogP) is 5.12. The first-order valence-corrected chi connectivity index (χ1v) is 6.46. The van der Waals surface area contributed by atoms with E-state index in [1.807, 2.05) is 6.92 Å². The molecule has 0 N–H and O–H groups in total. The first-order chi connectivity index (χ1) is 8.33. The van der Waals surface area contributed by atoms with Crippen LogP contribution in [0, 0.1) is 24.2 Å². The van der Waals surface area contributed by atoms with Crippen molar-refractivity contribution >= 4 is 0 Å². The average Bonchev–Trinajstić information content (AvgIpc) is 2.36. The van der Waals surface area contributed by atoms with Crippen LogP contribution in [0.25, 0.3) is 0 Å². The van der Waals surface area contributed by atoms with Crippen LogP contribution in [-0.4, -0.2) is 0 Å². The van der Waals surface area contributed by atoms with Crippen molar-refractivity contribution in [2.24, 2.45) is 0 Å². The van der Waals surface area contributed by atoms with Gasteiger partial charge in [0.1, 0.15) is 0 Å². The molecule has 0 amide bonds. The lowest BCUT2D eigenvalue weighted by molar-refractivity contribution is 1.06. The van der Waals surface area contributed by atoms with Crippen molar-refractivity contribution in [3.63, 3.8) is 0 Å².